The Hall–Kier alpha value is -5.84. The van der Waals surface area contributed by atoms with Gasteiger partial charge in [-0.05, 0) is 23.6 Å². The van der Waals surface area contributed by atoms with E-state index in [1.807, 2.05) is 12.1 Å². The molecule has 6 amide bonds. The van der Waals surface area contributed by atoms with Crippen molar-refractivity contribution in [2.24, 2.45) is 17.4 Å². The van der Waals surface area contributed by atoms with Crippen LogP contribution < -0.4 is 32.7 Å². The third-order valence-corrected chi connectivity index (χ3v) is 8.13. The molecular weight excluding hydrogens is 694 g/mol. The standard InChI is InChI=1S/C35H43N7O9S/c1-21(2)31(34(47)39-25(18-29(36)43)15-16-52(3,49)50)42-33(46)27(17-24-14-13-23-11-7-8-12-26(23)38-24)40-32(45)28(19-30(37)44)41-35(48)51-20-22-9-5-4-6-10-22/h4-16,21,25,27-28,31H,17-20H2,1-3H3,(H2,36,43)(H2,37,44)(H,39,47)(H,40,45)(H,41,48)(H,42,46)/b16-15+/t25?,27?,28-,31?/m0/s1. The van der Waals surface area contributed by atoms with Crippen LogP contribution in [0.4, 0.5) is 4.79 Å². The molecule has 17 heteroatoms. The highest BCUT2D eigenvalue weighted by Crippen LogP contribution is 2.14. The fraction of sp³-hybridized carbons (Fsp3) is 0.343. The molecule has 52 heavy (non-hydrogen) atoms. The number of para-hydroxylation sites is 1. The number of benzene rings is 2. The van der Waals surface area contributed by atoms with Crippen molar-refractivity contribution in [3.8, 4) is 0 Å². The lowest BCUT2D eigenvalue weighted by Crippen LogP contribution is -2.59. The number of amides is 6. The van der Waals surface area contributed by atoms with E-state index in [-0.39, 0.29) is 13.0 Å². The summed E-state index contributed by atoms with van der Waals surface area (Å²) in [6, 6.07) is 14.1. The molecule has 0 spiro atoms. The van der Waals surface area contributed by atoms with Crippen LogP contribution in [0, 0.1) is 5.92 Å². The van der Waals surface area contributed by atoms with Crippen LogP contribution in [-0.4, -0.2) is 79.5 Å². The van der Waals surface area contributed by atoms with Crippen molar-refractivity contribution in [2.45, 2.75) is 63.9 Å². The SMILES string of the molecule is CC(C)C(NC(=O)C(Cc1ccc2ccccc2n1)NC(=O)[C@H](CC(N)=O)NC(=O)OCc1ccccc1)C(=O)NC(/C=C/S(C)(=O)=O)CC(N)=O. The second-order valence-electron chi connectivity index (χ2n) is 12.4. The Balaban J connectivity index is 1.87. The van der Waals surface area contributed by atoms with E-state index in [1.54, 1.807) is 68.4 Å². The Bertz CT molecular complexity index is 1900. The smallest absolute Gasteiger partial charge is 0.408 e. The number of nitrogens with one attached hydrogen (secondary N) is 4. The van der Waals surface area contributed by atoms with E-state index < -0.39 is 88.4 Å². The number of primary amides is 2. The summed E-state index contributed by atoms with van der Waals surface area (Å²) in [5.74, 6) is -4.84. The van der Waals surface area contributed by atoms with Crippen molar-refractivity contribution in [3.05, 3.63) is 89.5 Å². The molecule has 0 radical (unpaired) electrons. The van der Waals surface area contributed by atoms with E-state index in [0.717, 1.165) is 23.1 Å². The molecule has 0 fully saturated rings. The van der Waals surface area contributed by atoms with Gasteiger partial charge in [0, 0.05) is 29.2 Å². The molecule has 3 unspecified atom stereocenters. The lowest BCUT2D eigenvalue weighted by molar-refractivity contribution is -0.134. The van der Waals surface area contributed by atoms with Gasteiger partial charge in [-0.2, -0.15) is 0 Å². The molecule has 2 aromatic carbocycles. The van der Waals surface area contributed by atoms with Crippen LogP contribution in [0.1, 0.15) is 37.9 Å². The Kier molecular flexibility index (Phi) is 14.8. The highest BCUT2D eigenvalue weighted by Gasteiger charge is 2.33. The molecule has 3 rings (SSSR count). The summed E-state index contributed by atoms with van der Waals surface area (Å²) in [7, 11) is -3.61. The molecule has 16 nitrogen and oxygen atoms in total. The van der Waals surface area contributed by atoms with Gasteiger partial charge >= 0.3 is 6.09 Å². The summed E-state index contributed by atoms with van der Waals surface area (Å²) >= 11 is 0. The second-order valence-corrected chi connectivity index (χ2v) is 14.3. The normalized spacial score (nSPS) is 13.8. The number of rotatable bonds is 18. The number of ether oxygens (including phenoxy) is 1. The number of hydrogen-bond donors (Lipinski definition) is 6. The molecule has 1 heterocycles. The predicted octanol–water partition coefficient (Wildman–Crippen LogP) is 0.492. The Labute approximate surface area is 301 Å². The number of nitrogens with zero attached hydrogens (tertiary/aromatic N) is 1. The number of hydrogen-bond acceptors (Lipinski definition) is 10. The zero-order chi connectivity index (χ0) is 38.4. The number of fused-ring (bicyclic) bond motifs is 1. The largest absolute Gasteiger partial charge is 0.445 e. The van der Waals surface area contributed by atoms with Gasteiger partial charge < -0.3 is 37.5 Å². The number of sulfone groups is 1. The summed E-state index contributed by atoms with van der Waals surface area (Å²) in [5, 5.41) is 11.6. The van der Waals surface area contributed by atoms with E-state index in [4.69, 9.17) is 16.2 Å². The summed E-state index contributed by atoms with van der Waals surface area (Å²) in [6.45, 7) is 3.14. The zero-order valence-electron chi connectivity index (χ0n) is 28.9. The minimum Gasteiger partial charge on any atom is -0.445 e. The Morgan fingerprint density at radius 2 is 1.40 bits per heavy atom. The number of alkyl carbamates (subject to hydrolysis) is 1. The molecule has 0 saturated carbocycles. The van der Waals surface area contributed by atoms with Crippen molar-refractivity contribution < 1.29 is 41.9 Å². The van der Waals surface area contributed by atoms with E-state index in [0.29, 0.717) is 16.8 Å². The highest BCUT2D eigenvalue weighted by molar-refractivity contribution is 7.93. The lowest BCUT2D eigenvalue weighted by Gasteiger charge is -2.27. The van der Waals surface area contributed by atoms with Crippen molar-refractivity contribution >= 4 is 56.4 Å². The van der Waals surface area contributed by atoms with Gasteiger partial charge in [-0.15, -0.1) is 0 Å². The fourth-order valence-corrected chi connectivity index (χ4v) is 5.39. The van der Waals surface area contributed by atoms with Gasteiger partial charge in [-0.3, -0.25) is 29.0 Å². The topological polar surface area (TPSA) is 259 Å². The molecular formula is C35H43N7O9S. The van der Waals surface area contributed by atoms with E-state index >= 15 is 0 Å². The summed E-state index contributed by atoms with van der Waals surface area (Å²) in [6.07, 6.45) is -0.228. The maximum absolute atomic E-state index is 13.9. The van der Waals surface area contributed by atoms with Gasteiger partial charge in [0.1, 0.15) is 24.7 Å². The Morgan fingerprint density at radius 1 is 0.769 bits per heavy atom. The average molecular weight is 738 g/mol. The molecule has 1 aromatic heterocycles. The van der Waals surface area contributed by atoms with Crippen LogP contribution in [-0.2, 0) is 51.6 Å². The monoisotopic (exact) mass is 737 g/mol. The van der Waals surface area contributed by atoms with E-state index in [1.165, 1.54) is 0 Å². The number of carbonyl (C=O) groups is 6. The molecule has 4 atom stereocenters. The van der Waals surface area contributed by atoms with E-state index in [9.17, 15) is 37.2 Å². The lowest BCUT2D eigenvalue weighted by atomic mass is 10.0. The van der Waals surface area contributed by atoms with Crippen molar-refractivity contribution in [2.75, 3.05) is 6.26 Å². The minimum absolute atomic E-state index is 0.126. The third kappa shape index (κ3) is 13.8. The minimum atomic E-state index is -3.61. The maximum Gasteiger partial charge on any atom is 0.408 e. The highest BCUT2D eigenvalue weighted by atomic mass is 32.2. The molecule has 0 bridgehead atoms. The van der Waals surface area contributed by atoms with Gasteiger partial charge in [-0.25, -0.2) is 13.2 Å². The second kappa shape index (κ2) is 19.0. The van der Waals surface area contributed by atoms with Gasteiger partial charge in [0.05, 0.1) is 24.4 Å². The van der Waals surface area contributed by atoms with E-state index in [2.05, 4.69) is 26.3 Å². The first-order valence-electron chi connectivity index (χ1n) is 16.2. The Morgan fingerprint density at radius 3 is 2.04 bits per heavy atom. The molecule has 8 N–H and O–H groups in total. The quantitative estimate of drug-likeness (QED) is 0.105. The summed E-state index contributed by atoms with van der Waals surface area (Å²) in [5.41, 5.74) is 12.3. The van der Waals surface area contributed by atoms with Crippen LogP contribution in [0.2, 0.25) is 0 Å². The van der Waals surface area contributed by atoms with Crippen molar-refractivity contribution in [1.29, 1.82) is 0 Å². The summed E-state index contributed by atoms with van der Waals surface area (Å²) < 4.78 is 28.5. The first kappa shape index (κ1) is 40.6. The maximum atomic E-state index is 13.9. The van der Waals surface area contributed by atoms with Crippen molar-refractivity contribution in [1.82, 2.24) is 26.3 Å². The first-order valence-corrected chi connectivity index (χ1v) is 18.1. The van der Waals surface area contributed by atoms with Gasteiger partial charge in [0.2, 0.25) is 29.5 Å². The molecule has 0 aliphatic heterocycles. The van der Waals surface area contributed by atoms with Crippen LogP contribution in [0.25, 0.3) is 10.9 Å². The first-order chi connectivity index (χ1) is 24.5. The number of nitrogens with two attached hydrogens (primary N) is 2. The number of pyridine rings is 1. The number of aromatic nitrogens is 1. The van der Waals surface area contributed by atoms with Crippen LogP contribution >= 0.6 is 0 Å². The van der Waals surface area contributed by atoms with Crippen LogP contribution in [0.15, 0.2) is 78.2 Å². The van der Waals surface area contributed by atoms with Gasteiger partial charge in [0.15, 0.2) is 9.84 Å². The number of carbonyl (C=O) groups excluding carboxylic acids is 6. The molecule has 0 aliphatic rings. The van der Waals surface area contributed by atoms with Crippen molar-refractivity contribution in [3.63, 3.8) is 0 Å². The fourth-order valence-electron chi connectivity index (χ4n) is 4.91. The molecule has 0 saturated heterocycles. The zero-order valence-corrected chi connectivity index (χ0v) is 29.7. The van der Waals surface area contributed by atoms with Crippen LogP contribution in [0.3, 0.4) is 0 Å². The van der Waals surface area contributed by atoms with Gasteiger partial charge in [0.25, 0.3) is 0 Å². The third-order valence-electron chi connectivity index (χ3n) is 7.48. The molecule has 0 aliphatic carbocycles. The molecule has 3 aromatic rings. The summed E-state index contributed by atoms with van der Waals surface area (Å²) in [4.78, 5) is 81.7. The van der Waals surface area contributed by atoms with Crippen LogP contribution in [0.5, 0.6) is 0 Å². The molecule has 278 valence electrons. The predicted molar refractivity (Wildman–Crippen MR) is 191 cm³/mol. The van der Waals surface area contributed by atoms with Gasteiger partial charge in [-0.1, -0.05) is 74.5 Å². The average Bonchev–Trinajstić information content (AvgIpc) is 3.07.